The molecule has 0 aliphatic heterocycles. The summed E-state index contributed by atoms with van der Waals surface area (Å²) in [5.74, 6) is 0.812. The van der Waals surface area contributed by atoms with E-state index in [1.165, 1.54) is 29.1 Å². The van der Waals surface area contributed by atoms with Gasteiger partial charge in [-0.3, -0.25) is 0 Å². The SMILES string of the molecule is CCOc1cc(C=Nn2c(-c3ccc(OC(F)F)cc3)n[nH]c2=S)ccc1O. The van der Waals surface area contributed by atoms with Crippen LogP contribution in [0.2, 0.25) is 0 Å². The molecule has 0 saturated carbocycles. The molecular weight excluding hydrogens is 390 g/mol. The van der Waals surface area contributed by atoms with Crippen molar-refractivity contribution in [3.63, 3.8) is 0 Å². The quantitative estimate of drug-likeness (QED) is 0.454. The number of phenolic OH excluding ortho intramolecular Hbond substituents is 1. The Morgan fingerprint density at radius 1 is 1.29 bits per heavy atom. The second kappa shape index (κ2) is 8.61. The van der Waals surface area contributed by atoms with Crippen molar-refractivity contribution >= 4 is 18.4 Å². The lowest BCUT2D eigenvalue weighted by molar-refractivity contribution is -0.0498. The molecule has 0 atom stereocenters. The third-order valence-corrected chi connectivity index (χ3v) is 3.86. The smallest absolute Gasteiger partial charge is 0.387 e. The van der Waals surface area contributed by atoms with Crippen LogP contribution in [-0.4, -0.2) is 39.4 Å². The standard InChI is InChI=1S/C18H16F2N4O3S/c1-2-26-15-9-11(3-8-14(15)25)10-21-24-16(22-23-18(24)28)12-4-6-13(7-5-12)27-17(19)20/h3-10,17,25H,2H2,1H3,(H,23,28). The minimum atomic E-state index is -2.89. The number of alkyl halides is 2. The van der Waals surface area contributed by atoms with Crippen LogP contribution in [0.15, 0.2) is 47.6 Å². The lowest BCUT2D eigenvalue weighted by Crippen LogP contribution is -2.01. The second-order valence-electron chi connectivity index (χ2n) is 5.47. The Morgan fingerprint density at radius 3 is 2.71 bits per heavy atom. The van der Waals surface area contributed by atoms with Crippen LogP contribution in [0.1, 0.15) is 12.5 Å². The van der Waals surface area contributed by atoms with Crippen LogP contribution < -0.4 is 9.47 Å². The molecule has 0 fully saturated rings. The molecule has 7 nitrogen and oxygen atoms in total. The van der Waals surface area contributed by atoms with Crippen molar-refractivity contribution in [2.75, 3.05) is 6.61 Å². The highest BCUT2D eigenvalue weighted by Crippen LogP contribution is 2.26. The van der Waals surface area contributed by atoms with Gasteiger partial charge in [0.15, 0.2) is 17.3 Å². The first kappa shape index (κ1) is 19.5. The van der Waals surface area contributed by atoms with Gasteiger partial charge < -0.3 is 14.6 Å². The summed E-state index contributed by atoms with van der Waals surface area (Å²) in [6.45, 7) is -0.664. The summed E-state index contributed by atoms with van der Waals surface area (Å²) in [5, 5.41) is 20.9. The Bertz CT molecular complexity index is 1030. The number of ether oxygens (including phenoxy) is 2. The van der Waals surface area contributed by atoms with E-state index in [2.05, 4.69) is 20.0 Å². The van der Waals surface area contributed by atoms with Crippen LogP contribution in [0.25, 0.3) is 11.4 Å². The molecule has 0 amide bonds. The van der Waals surface area contributed by atoms with Crippen molar-refractivity contribution in [3.8, 4) is 28.6 Å². The third kappa shape index (κ3) is 4.52. The van der Waals surface area contributed by atoms with Crippen molar-refractivity contribution in [1.29, 1.82) is 0 Å². The molecule has 2 aromatic carbocycles. The van der Waals surface area contributed by atoms with Crippen LogP contribution in [-0.2, 0) is 0 Å². The number of phenols is 1. The summed E-state index contributed by atoms with van der Waals surface area (Å²) in [4.78, 5) is 0. The topological polar surface area (TPSA) is 84.7 Å². The van der Waals surface area contributed by atoms with E-state index < -0.39 is 6.61 Å². The molecule has 0 aliphatic rings. The van der Waals surface area contributed by atoms with Crippen molar-refractivity contribution in [3.05, 3.63) is 52.8 Å². The number of aromatic hydroxyl groups is 1. The minimum absolute atomic E-state index is 0.0331. The summed E-state index contributed by atoms with van der Waals surface area (Å²) in [6, 6.07) is 10.8. The number of hydrogen-bond donors (Lipinski definition) is 2. The number of rotatable bonds is 7. The third-order valence-electron chi connectivity index (χ3n) is 3.59. The minimum Gasteiger partial charge on any atom is -0.504 e. The molecule has 0 unspecified atom stereocenters. The van der Waals surface area contributed by atoms with Crippen LogP contribution in [0.3, 0.4) is 0 Å². The van der Waals surface area contributed by atoms with Gasteiger partial charge in [-0.1, -0.05) is 0 Å². The van der Waals surface area contributed by atoms with E-state index >= 15 is 0 Å². The predicted octanol–water partition coefficient (Wildman–Crippen LogP) is 4.20. The average molecular weight is 406 g/mol. The average Bonchev–Trinajstić information content (AvgIpc) is 3.03. The summed E-state index contributed by atoms with van der Waals surface area (Å²) in [5.41, 5.74) is 1.28. The number of hydrogen-bond acceptors (Lipinski definition) is 6. The van der Waals surface area contributed by atoms with Gasteiger partial charge in [0.2, 0.25) is 4.77 Å². The van der Waals surface area contributed by atoms with E-state index in [1.807, 2.05) is 6.92 Å². The van der Waals surface area contributed by atoms with E-state index in [-0.39, 0.29) is 16.3 Å². The van der Waals surface area contributed by atoms with Gasteiger partial charge in [-0.25, -0.2) is 5.10 Å². The molecular formula is C18H16F2N4O3S. The number of H-pyrrole nitrogens is 1. The molecule has 0 aliphatic carbocycles. The highest BCUT2D eigenvalue weighted by atomic mass is 32.1. The van der Waals surface area contributed by atoms with E-state index in [0.29, 0.717) is 29.3 Å². The first-order chi connectivity index (χ1) is 13.5. The number of nitrogens with one attached hydrogen (secondary N) is 1. The van der Waals surface area contributed by atoms with E-state index in [4.69, 9.17) is 17.0 Å². The fraction of sp³-hybridized carbons (Fsp3) is 0.167. The maximum Gasteiger partial charge on any atom is 0.387 e. The summed E-state index contributed by atoms with van der Waals surface area (Å²) < 4.78 is 35.9. The zero-order valence-electron chi connectivity index (χ0n) is 14.7. The van der Waals surface area contributed by atoms with Crippen LogP contribution in [0.5, 0.6) is 17.2 Å². The van der Waals surface area contributed by atoms with E-state index in [9.17, 15) is 13.9 Å². The van der Waals surface area contributed by atoms with Gasteiger partial charge in [0.25, 0.3) is 0 Å². The van der Waals surface area contributed by atoms with E-state index in [1.54, 1.807) is 24.3 Å². The Hall–Kier alpha value is -3.27. The van der Waals surface area contributed by atoms with E-state index in [0.717, 1.165) is 0 Å². The van der Waals surface area contributed by atoms with Gasteiger partial charge in [0, 0.05) is 5.56 Å². The van der Waals surface area contributed by atoms with Crippen LogP contribution in [0, 0.1) is 4.77 Å². The Labute approximate surface area is 163 Å². The Balaban J connectivity index is 1.88. The Kier molecular flexibility index (Phi) is 5.99. The van der Waals surface area contributed by atoms with Crippen molar-refractivity contribution < 1.29 is 23.4 Å². The van der Waals surface area contributed by atoms with Gasteiger partial charge in [-0.05, 0) is 67.2 Å². The summed E-state index contributed by atoms with van der Waals surface area (Å²) >= 11 is 5.20. The van der Waals surface area contributed by atoms with Crippen molar-refractivity contribution in [1.82, 2.24) is 14.9 Å². The zero-order valence-corrected chi connectivity index (χ0v) is 15.5. The van der Waals surface area contributed by atoms with Crippen molar-refractivity contribution in [2.45, 2.75) is 13.5 Å². The number of aromatic amines is 1. The molecule has 1 heterocycles. The lowest BCUT2D eigenvalue weighted by atomic mass is 10.2. The Morgan fingerprint density at radius 2 is 2.04 bits per heavy atom. The highest BCUT2D eigenvalue weighted by molar-refractivity contribution is 7.71. The molecule has 28 heavy (non-hydrogen) atoms. The monoisotopic (exact) mass is 406 g/mol. The van der Waals surface area contributed by atoms with Crippen LogP contribution in [0.4, 0.5) is 8.78 Å². The molecule has 2 N–H and O–H groups in total. The maximum atomic E-state index is 12.3. The first-order valence-corrected chi connectivity index (χ1v) is 8.61. The number of benzene rings is 2. The number of nitrogens with zero attached hydrogens (tertiary/aromatic N) is 3. The largest absolute Gasteiger partial charge is 0.504 e. The fourth-order valence-electron chi connectivity index (χ4n) is 2.38. The van der Waals surface area contributed by atoms with Gasteiger partial charge >= 0.3 is 6.61 Å². The second-order valence-corrected chi connectivity index (χ2v) is 5.86. The number of aromatic nitrogens is 3. The number of halogens is 2. The van der Waals surface area contributed by atoms with Crippen molar-refractivity contribution in [2.24, 2.45) is 5.10 Å². The fourth-order valence-corrected chi connectivity index (χ4v) is 2.56. The molecule has 10 heteroatoms. The molecule has 146 valence electrons. The first-order valence-electron chi connectivity index (χ1n) is 8.20. The van der Waals surface area contributed by atoms with Gasteiger partial charge in [-0.15, -0.1) is 0 Å². The molecule has 0 saturated heterocycles. The summed E-state index contributed by atoms with van der Waals surface area (Å²) in [7, 11) is 0. The predicted molar refractivity (Wildman–Crippen MR) is 102 cm³/mol. The molecule has 0 radical (unpaired) electrons. The molecule has 0 spiro atoms. The maximum absolute atomic E-state index is 12.3. The highest BCUT2D eigenvalue weighted by Gasteiger charge is 2.10. The molecule has 0 bridgehead atoms. The normalized spacial score (nSPS) is 11.3. The van der Waals surface area contributed by atoms with Gasteiger partial charge in [0.05, 0.1) is 12.8 Å². The van der Waals surface area contributed by atoms with Gasteiger partial charge in [-0.2, -0.15) is 23.7 Å². The molecule has 1 aromatic heterocycles. The summed E-state index contributed by atoms with van der Waals surface area (Å²) in [6.07, 6.45) is 1.53. The lowest BCUT2D eigenvalue weighted by Gasteiger charge is -2.06. The molecule has 3 aromatic rings. The van der Waals surface area contributed by atoms with Gasteiger partial charge in [0.1, 0.15) is 5.75 Å². The molecule has 3 rings (SSSR count). The zero-order chi connectivity index (χ0) is 20.1. The van der Waals surface area contributed by atoms with Crippen LogP contribution >= 0.6 is 12.2 Å².